The molecule has 4 amide bonds. The second-order valence-corrected chi connectivity index (χ2v) is 9.18. The molecule has 3 heterocycles. The Morgan fingerprint density at radius 3 is 2.41 bits per heavy atom. The number of hydrogen-bond acceptors (Lipinski definition) is 6. The molecule has 2 saturated heterocycles. The van der Waals surface area contributed by atoms with Crippen molar-refractivity contribution in [1.82, 2.24) is 20.9 Å². The van der Waals surface area contributed by atoms with Gasteiger partial charge in [0.25, 0.3) is 11.8 Å². The van der Waals surface area contributed by atoms with Gasteiger partial charge >= 0.3 is 6.18 Å². The first-order valence-corrected chi connectivity index (χ1v) is 10.4. The molecule has 4 aliphatic rings. The van der Waals surface area contributed by atoms with Crippen LogP contribution in [0.1, 0.15) is 52.0 Å². The van der Waals surface area contributed by atoms with Gasteiger partial charge in [-0.2, -0.15) is 13.2 Å². The highest BCUT2D eigenvalue weighted by Gasteiger charge is 2.68. The number of hydrogen-bond donors (Lipinski definition) is 3. The van der Waals surface area contributed by atoms with Crippen LogP contribution >= 0.6 is 0 Å². The van der Waals surface area contributed by atoms with E-state index in [4.69, 9.17) is 0 Å². The molecule has 1 aliphatic carbocycles. The summed E-state index contributed by atoms with van der Waals surface area (Å²) in [6, 6.07) is 3.31. The molecule has 3 aliphatic heterocycles. The Morgan fingerprint density at radius 2 is 1.81 bits per heavy atom. The fraction of sp³-hybridized carbons (Fsp3) is 0.524. The number of alkyl halides is 3. The van der Waals surface area contributed by atoms with Crippen LogP contribution < -0.4 is 16.0 Å². The number of benzene rings is 1. The topological polar surface area (TPSA) is 108 Å². The number of imide groups is 2. The van der Waals surface area contributed by atoms with Crippen LogP contribution in [0.2, 0.25) is 0 Å². The number of fused-ring (bicyclic) bond motifs is 1. The molecule has 1 unspecified atom stereocenters. The zero-order valence-electron chi connectivity index (χ0n) is 17.0. The van der Waals surface area contributed by atoms with Crippen LogP contribution in [0.25, 0.3) is 0 Å². The molecule has 170 valence electrons. The summed E-state index contributed by atoms with van der Waals surface area (Å²) in [4.78, 5) is 50.4. The summed E-state index contributed by atoms with van der Waals surface area (Å²) in [5.41, 5.74) is -2.05. The summed E-state index contributed by atoms with van der Waals surface area (Å²) in [5.74, 6) is -2.63. The molecule has 3 fully saturated rings. The van der Waals surface area contributed by atoms with Crippen molar-refractivity contribution in [3.8, 4) is 0 Å². The fourth-order valence-corrected chi connectivity index (χ4v) is 5.38. The van der Waals surface area contributed by atoms with Gasteiger partial charge in [0.05, 0.1) is 11.1 Å². The van der Waals surface area contributed by atoms with Crippen LogP contribution in [-0.4, -0.2) is 59.4 Å². The average molecular weight is 450 g/mol. The maximum absolute atomic E-state index is 13.9. The molecule has 8 nitrogen and oxygen atoms in total. The van der Waals surface area contributed by atoms with Gasteiger partial charge in [0.2, 0.25) is 11.8 Å². The molecule has 32 heavy (non-hydrogen) atoms. The van der Waals surface area contributed by atoms with Gasteiger partial charge in [-0.1, -0.05) is 12.1 Å². The van der Waals surface area contributed by atoms with Gasteiger partial charge in [-0.15, -0.1) is 0 Å². The lowest BCUT2D eigenvalue weighted by atomic mass is 9.54. The fourth-order valence-electron chi connectivity index (χ4n) is 5.38. The number of amides is 4. The lowest BCUT2D eigenvalue weighted by Gasteiger charge is -2.61. The summed E-state index contributed by atoms with van der Waals surface area (Å²) >= 11 is 0. The molecule has 3 N–H and O–H groups in total. The van der Waals surface area contributed by atoms with E-state index in [1.54, 1.807) is 0 Å². The Labute approximate surface area is 180 Å². The molecule has 1 aromatic carbocycles. The summed E-state index contributed by atoms with van der Waals surface area (Å²) in [6.07, 6.45) is -4.54. The molecule has 1 spiro atoms. The Kier molecular flexibility index (Phi) is 4.51. The van der Waals surface area contributed by atoms with E-state index >= 15 is 0 Å². The average Bonchev–Trinajstić information content (AvgIpc) is 2.90. The van der Waals surface area contributed by atoms with Crippen molar-refractivity contribution < 1.29 is 32.3 Å². The maximum atomic E-state index is 13.9. The lowest BCUT2D eigenvalue weighted by molar-refractivity contribution is -0.255. The SMILES string of the molecule is O=C1CCC(N2C(=O)c3cccc(CNC4(C(F)(F)F)CC5(CNC5)C4)c3C2=O)C(=O)N1. The van der Waals surface area contributed by atoms with Gasteiger partial charge in [0.15, 0.2) is 0 Å². The van der Waals surface area contributed by atoms with E-state index in [0.717, 1.165) is 4.90 Å². The Bertz CT molecular complexity index is 1040. The third-order valence-electron chi connectivity index (χ3n) is 7.07. The highest BCUT2D eigenvalue weighted by Crippen LogP contribution is 2.57. The van der Waals surface area contributed by atoms with Gasteiger partial charge in [-0.25, -0.2) is 0 Å². The van der Waals surface area contributed by atoms with E-state index in [2.05, 4.69) is 16.0 Å². The lowest BCUT2D eigenvalue weighted by Crippen LogP contribution is -2.75. The molecule has 0 bridgehead atoms. The van der Waals surface area contributed by atoms with Crippen LogP contribution in [-0.2, 0) is 16.1 Å². The van der Waals surface area contributed by atoms with Crippen molar-refractivity contribution >= 4 is 23.6 Å². The van der Waals surface area contributed by atoms with Crippen LogP contribution in [0.3, 0.4) is 0 Å². The van der Waals surface area contributed by atoms with Crippen LogP contribution in [0, 0.1) is 5.41 Å². The standard InChI is InChI=1S/C21H21F3N4O4/c22-21(23,24)20(7-19(8-20)9-25-10-19)26-6-11-2-1-3-12-15(11)18(32)28(17(12)31)13-4-5-14(29)27-16(13)30/h1-3,13,25-26H,4-10H2,(H,27,29,30). The predicted molar refractivity (Wildman–Crippen MR) is 103 cm³/mol. The molecule has 1 saturated carbocycles. The smallest absolute Gasteiger partial charge is 0.316 e. The molecular formula is C21H21F3N4O4. The van der Waals surface area contributed by atoms with Crippen molar-refractivity contribution in [3.63, 3.8) is 0 Å². The number of carbonyl (C=O) groups excluding carboxylic acids is 4. The van der Waals surface area contributed by atoms with Crippen molar-refractivity contribution in [1.29, 1.82) is 0 Å². The Hall–Kier alpha value is -2.79. The molecular weight excluding hydrogens is 429 g/mol. The quantitative estimate of drug-likeness (QED) is 0.588. The maximum Gasteiger partial charge on any atom is 0.406 e. The van der Waals surface area contributed by atoms with E-state index in [-0.39, 0.29) is 54.3 Å². The summed E-state index contributed by atoms with van der Waals surface area (Å²) in [5, 5.41) is 7.76. The number of nitrogens with zero attached hydrogens (tertiary/aromatic N) is 1. The second kappa shape index (κ2) is 6.85. The molecule has 11 heteroatoms. The number of halogens is 3. The van der Waals surface area contributed by atoms with Gasteiger partial charge < -0.3 is 5.32 Å². The van der Waals surface area contributed by atoms with Gasteiger partial charge in [-0.05, 0) is 36.3 Å². The first kappa shape index (κ1) is 21.1. The van der Waals surface area contributed by atoms with Crippen molar-refractivity contribution in [2.24, 2.45) is 5.41 Å². The van der Waals surface area contributed by atoms with Gasteiger partial charge in [0.1, 0.15) is 11.6 Å². The minimum Gasteiger partial charge on any atom is -0.316 e. The first-order chi connectivity index (χ1) is 15.1. The molecule has 0 aromatic heterocycles. The summed E-state index contributed by atoms with van der Waals surface area (Å²) in [7, 11) is 0. The highest BCUT2D eigenvalue weighted by molar-refractivity contribution is 6.24. The Morgan fingerprint density at radius 1 is 1.09 bits per heavy atom. The zero-order chi connectivity index (χ0) is 22.9. The van der Waals surface area contributed by atoms with E-state index in [0.29, 0.717) is 13.1 Å². The van der Waals surface area contributed by atoms with Crippen LogP contribution in [0.4, 0.5) is 13.2 Å². The van der Waals surface area contributed by atoms with E-state index < -0.39 is 41.4 Å². The monoisotopic (exact) mass is 450 g/mol. The molecule has 0 radical (unpaired) electrons. The minimum absolute atomic E-state index is 0.00590. The Balaban J connectivity index is 1.39. The first-order valence-electron chi connectivity index (χ1n) is 10.4. The number of nitrogens with one attached hydrogen (secondary N) is 3. The summed E-state index contributed by atoms with van der Waals surface area (Å²) in [6.45, 7) is 0.872. The van der Waals surface area contributed by atoms with Crippen LogP contribution in [0.5, 0.6) is 0 Å². The highest BCUT2D eigenvalue weighted by atomic mass is 19.4. The van der Waals surface area contributed by atoms with Gasteiger partial charge in [0, 0.05) is 26.1 Å². The van der Waals surface area contributed by atoms with E-state index in [9.17, 15) is 32.3 Å². The predicted octanol–water partition coefficient (Wildman–Crippen LogP) is 0.862. The largest absolute Gasteiger partial charge is 0.406 e. The summed E-state index contributed by atoms with van der Waals surface area (Å²) < 4.78 is 41.6. The third kappa shape index (κ3) is 2.98. The third-order valence-corrected chi connectivity index (χ3v) is 7.07. The van der Waals surface area contributed by atoms with Crippen molar-refractivity contribution in [2.75, 3.05) is 13.1 Å². The number of piperidine rings is 1. The number of rotatable bonds is 4. The van der Waals surface area contributed by atoms with E-state index in [1.807, 2.05) is 0 Å². The van der Waals surface area contributed by atoms with Crippen LogP contribution in [0.15, 0.2) is 18.2 Å². The minimum atomic E-state index is -4.45. The van der Waals surface area contributed by atoms with Crippen molar-refractivity contribution in [2.45, 2.75) is 50.0 Å². The van der Waals surface area contributed by atoms with E-state index in [1.165, 1.54) is 18.2 Å². The number of carbonyl (C=O) groups is 4. The normalized spacial score (nSPS) is 26.0. The molecule has 1 atom stereocenters. The van der Waals surface area contributed by atoms with Crippen molar-refractivity contribution in [3.05, 3.63) is 34.9 Å². The van der Waals surface area contributed by atoms with Gasteiger partial charge in [-0.3, -0.25) is 34.7 Å². The zero-order valence-corrected chi connectivity index (χ0v) is 17.0. The molecule has 5 rings (SSSR count). The molecule has 1 aromatic rings. The second-order valence-electron chi connectivity index (χ2n) is 9.18.